The van der Waals surface area contributed by atoms with Gasteiger partial charge in [-0.3, -0.25) is 0 Å². The quantitative estimate of drug-likeness (QED) is 0.852. The van der Waals surface area contributed by atoms with E-state index in [0.717, 1.165) is 29.8 Å². The Hall–Kier alpha value is -1.26. The van der Waals surface area contributed by atoms with Crippen LogP contribution in [0, 0.1) is 12.7 Å². The highest BCUT2D eigenvalue weighted by molar-refractivity contribution is 7.15. The number of thiazole rings is 1. The van der Waals surface area contributed by atoms with E-state index in [9.17, 15) is 9.50 Å². The topological polar surface area (TPSA) is 33.1 Å². The van der Waals surface area contributed by atoms with Crippen molar-refractivity contribution in [3.05, 3.63) is 40.2 Å². The lowest BCUT2D eigenvalue weighted by Crippen LogP contribution is -2.06. The van der Waals surface area contributed by atoms with Crippen molar-refractivity contribution in [2.45, 2.75) is 32.3 Å². The first-order valence-corrected chi connectivity index (χ1v) is 6.91. The number of fused-ring (bicyclic) bond motifs is 1. The molecule has 1 atom stereocenters. The number of aliphatic hydroxyl groups excluding tert-OH is 1. The monoisotopic (exact) mass is 263 g/mol. The average molecular weight is 263 g/mol. The zero-order valence-electron chi connectivity index (χ0n) is 10.1. The molecule has 0 saturated heterocycles. The van der Waals surface area contributed by atoms with Crippen molar-refractivity contribution in [1.29, 1.82) is 0 Å². The van der Waals surface area contributed by atoms with Crippen LogP contribution in [-0.2, 0) is 6.42 Å². The van der Waals surface area contributed by atoms with Crippen LogP contribution in [-0.4, -0.2) is 10.1 Å². The Morgan fingerprint density at radius 3 is 3.06 bits per heavy atom. The van der Waals surface area contributed by atoms with Gasteiger partial charge in [-0.2, -0.15) is 0 Å². The first-order valence-electron chi connectivity index (χ1n) is 6.10. The van der Waals surface area contributed by atoms with Gasteiger partial charge >= 0.3 is 0 Å². The molecule has 0 spiro atoms. The molecule has 1 aliphatic rings. The van der Waals surface area contributed by atoms with Crippen LogP contribution in [0.1, 0.15) is 35.1 Å². The molecule has 2 aromatic rings. The number of hydrogen-bond donors (Lipinski definition) is 1. The predicted molar refractivity (Wildman–Crippen MR) is 70.1 cm³/mol. The minimum atomic E-state index is -0.423. The molecule has 0 aliphatic heterocycles. The second kappa shape index (κ2) is 4.44. The number of halogens is 1. The summed E-state index contributed by atoms with van der Waals surface area (Å²) < 4.78 is 14.1. The molecule has 18 heavy (non-hydrogen) atoms. The number of rotatable bonds is 1. The molecule has 0 radical (unpaired) electrons. The maximum Gasteiger partial charge on any atom is 0.136 e. The summed E-state index contributed by atoms with van der Waals surface area (Å²) in [7, 11) is 0. The summed E-state index contributed by atoms with van der Waals surface area (Å²) in [6.45, 7) is 1.75. The van der Waals surface area contributed by atoms with Crippen molar-refractivity contribution in [3.8, 4) is 10.6 Å². The van der Waals surface area contributed by atoms with Crippen molar-refractivity contribution in [1.82, 2.24) is 4.98 Å². The van der Waals surface area contributed by atoms with Crippen LogP contribution < -0.4 is 0 Å². The maximum absolute atomic E-state index is 14.1. The van der Waals surface area contributed by atoms with E-state index in [0.29, 0.717) is 16.1 Å². The van der Waals surface area contributed by atoms with Gasteiger partial charge in [0.15, 0.2) is 0 Å². The highest BCUT2D eigenvalue weighted by atomic mass is 32.1. The van der Waals surface area contributed by atoms with Crippen LogP contribution in [0.5, 0.6) is 0 Å². The molecule has 2 nitrogen and oxygen atoms in total. The van der Waals surface area contributed by atoms with Crippen LogP contribution in [0.2, 0.25) is 0 Å². The normalized spacial score (nSPS) is 18.7. The van der Waals surface area contributed by atoms with E-state index in [-0.39, 0.29) is 5.82 Å². The van der Waals surface area contributed by atoms with Crippen molar-refractivity contribution < 1.29 is 9.50 Å². The summed E-state index contributed by atoms with van der Waals surface area (Å²) in [5.74, 6) is -0.210. The molecule has 1 aromatic heterocycles. The van der Waals surface area contributed by atoms with Crippen LogP contribution in [0.3, 0.4) is 0 Å². The number of aromatic nitrogens is 1. The van der Waals surface area contributed by atoms with Crippen LogP contribution in [0.4, 0.5) is 4.39 Å². The molecule has 1 aromatic carbocycles. The first-order chi connectivity index (χ1) is 8.66. The fourth-order valence-electron chi connectivity index (χ4n) is 2.32. The lowest BCUT2D eigenvalue weighted by Gasteiger charge is -2.14. The van der Waals surface area contributed by atoms with Crippen molar-refractivity contribution in [2.24, 2.45) is 0 Å². The molecular formula is C14H14FNOS. The van der Waals surface area contributed by atoms with E-state index in [1.807, 2.05) is 6.07 Å². The fraction of sp³-hybridized carbons (Fsp3) is 0.357. The smallest absolute Gasteiger partial charge is 0.136 e. The largest absolute Gasteiger partial charge is 0.388 e. The minimum Gasteiger partial charge on any atom is -0.388 e. The molecule has 1 aliphatic carbocycles. The van der Waals surface area contributed by atoms with E-state index in [1.54, 1.807) is 19.1 Å². The molecule has 1 unspecified atom stereocenters. The summed E-state index contributed by atoms with van der Waals surface area (Å²) >= 11 is 1.42. The fourth-order valence-corrected chi connectivity index (χ4v) is 3.48. The van der Waals surface area contributed by atoms with E-state index >= 15 is 0 Å². The highest BCUT2D eigenvalue weighted by Crippen LogP contribution is 2.38. The number of hydrogen-bond acceptors (Lipinski definition) is 3. The van der Waals surface area contributed by atoms with Gasteiger partial charge < -0.3 is 5.11 Å². The number of nitrogens with zero attached hydrogens (tertiary/aromatic N) is 1. The van der Waals surface area contributed by atoms with E-state index in [4.69, 9.17) is 0 Å². The summed E-state index contributed by atoms with van der Waals surface area (Å²) in [5, 5.41) is 10.6. The predicted octanol–water partition coefficient (Wildman–Crippen LogP) is 3.63. The van der Waals surface area contributed by atoms with Gasteiger partial charge in [0.1, 0.15) is 10.8 Å². The first kappa shape index (κ1) is 11.8. The zero-order valence-corrected chi connectivity index (χ0v) is 10.9. The molecule has 1 N–H and O–H groups in total. The molecule has 0 amide bonds. The SMILES string of the molecule is Cc1cccc(-c2nc3c(s2)C(O)CCC3)c1F. The number of aliphatic hydroxyl groups is 1. The lowest BCUT2D eigenvalue weighted by atomic mass is 10.0. The Labute approximate surface area is 109 Å². The molecule has 0 saturated carbocycles. The van der Waals surface area contributed by atoms with Crippen LogP contribution in [0.25, 0.3) is 10.6 Å². The summed E-state index contributed by atoms with van der Waals surface area (Å²) in [6, 6.07) is 5.34. The highest BCUT2D eigenvalue weighted by Gasteiger charge is 2.24. The third kappa shape index (κ3) is 1.85. The number of aryl methyl sites for hydroxylation is 2. The third-order valence-corrected chi connectivity index (χ3v) is 4.58. The van der Waals surface area contributed by atoms with E-state index in [2.05, 4.69) is 4.98 Å². The van der Waals surface area contributed by atoms with E-state index < -0.39 is 6.10 Å². The van der Waals surface area contributed by atoms with Crippen LogP contribution >= 0.6 is 11.3 Å². The van der Waals surface area contributed by atoms with Gasteiger partial charge in [-0.25, -0.2) is 9.37 Å². The van der Waals surface area contributed by atoms with Gasteiger partial charge in [-0.1, -0.05) is 12.1 Å². The van der Waals surface area contributed by atoms with Crippen molar-refractivity contribution in [2.75, 3.05) is 0 Å². The minimum absolute atomic E-state index is 0.210. The second-order valence-corrected chi connectivity index (χ2v) is 5.71. The Bertz CT molecular complexity index is 593. The third-order valence-electron chi connectivity index (χ3n) is 3.34. The Balaban J connectivity index is 2.10. The van der Waals surface area contributed by atoms with Gasteiger partial charge in [-0.05, 0) is 37.8 Å². The lowest BCUT2D eigenvalue weighted by molar-refractivity contribution is 0.160. The number of benzene rings is 1. The molecule has 3 rings (SSSR count). The molecule has 1 heterocycles. The Kier molecular flexibility index (Phi) is 2.92. The van der Waals surface area contributed by atoms with E-state index in [1.165, 1.54) is 11.3 Å². The molecule has 94 valence electrons. The Morgan fingerprint density at radius 1 is 1.44 bits per heavy atom. The molecule has 0 fully saturated rings. The standard InChI is InChI=1S/C14H14FNOS/c1-8-4-2-5-9(12(8)15)14-16-10-6-3-7-11(17)13(10)18-14/h2,4-5,11,17H,3,6-7H2,1H3. The zero-order chi connectivity index (χ0) is 12.7. The average Bonchev–Trinajstić information content (AvgIpc) is 2.78. The maximum atomic E-state index is 14.1. The summed E-state index contributed by atoms with van der Waals surface area (Å²) in [5.41, 5.74) is 2.11. The van der Waals surface area contributed by atoms with Gasteiger partial charge in [0.2, 0.25) is 0 Å². The van der Waals surface area contributed by atoms with Gasteiger partial charge in [0.05, 0.1) is 16.7 Å². The van der Waals surface area contributed by atoms with Crippen molar-refractivity contribution >= 4 is 11.3 Å². The summed E-state index contributed by atoms with van der Waals surface area (Å²) in [4.78, 5) is 5.41. The second-order valence-electron chi connectivity index (χ2n) is 4.67. The van der Waals surface area contributed by atoms with Gasteiger partial charge in [-0.15, -0.1) is 11.3 Å². The van der Waals surface area contributed by atoms with Gasteiger partial charge in [0.25, 0.3) is 0 Å². The molecule has 0 bridgehead atoms. The molecular weight excluding hydrogens is 249 g/mol. The van der Waals surface area contributed by atoms with Crippen LogP contribution in [0.15, 0.2) is 18.2 Å². The van der Waals surface area contributed by atoms with Gasteiger partial charge in [0, 0.05) is 5.56 Å². The Morgan fingerprint density at radius 2 is 2.28 bits per heavy atom. The molecule has 4 heteroatoms. The van der Waals surface area contributed by atoms with Crippen molar-refractivity contribution in [3.63, 3.8) is 0 Å². The summed E-state index contributed by atoms with van der Waals surface area (Å²) in [6.07, 6.45) is 2.20.